The van der Waals surface area contributed by atoms with E-state index in [1.165, 1.54) is 0 Å². The molecule has 90 valence electrons. The molecule has 0 aliphatic carbocycles. The Morgan fingerprint density at radius 3 is 2.94 bits per heavy atom. The molecular formula is C12H13BrFN3. The molecule has 0 spiro atoms. The maximum absolute atomic E-state index is 14.0. The molecule has 0 radical (unpaired) electrons. The molecule has 0 saturated carbocycles. The number of benzene rings is 1. The van der Waals surface area contributed by atoms with E-state index < -0.39 is 0 Å². The van der Waals surface area contributed by atoms with E-state index >= 15 is 0 Å². The van der Waals surface area contributed by atoms with E-state index in [1.807, 2.05) is 20.0 Å². The third kappa shape index (κ3) is 2.40. The van der Waals surface area contributed by atoms with Gasteiger partial charge >= 0.3 is 0 Å². The predicted octanol–water partition coefficient (Wildman–Crippen LogP) is 2.80. The van der Waals surface area contributed by atoms with Crippen molar-refractivity contribution in [2.24, 2.45) is 0 Å². The Hall–Kier alpha value is -1.20. The first-order valence-electron chi connectivity index (χ1n) is 5.28. The molecule has 0 saturated heterocycles. The van der Waals surface area contributed by atoms with Gasteiger partial charge in [0, 0.05) is 6.54 Å². The maximum atomic E-state index is 14.0. The van der Waals surface area contributed by atoms with E-state index in [1.54, 1.807) is 22.9 Å². The lowest BCUT2D eigenvalue weighted by Gasteiger charge is -2.08. The second-order valence-corrected chi connectivity index (χ2v) is 4.65. The topological polar surface area (TPSA) is 29.9 Å². The Morgan fingerprint density at radius 1 is 1.47 bits per heavy atom. The summed E-state index contributed by atoms with van der Waals surface area (Å²) in [6.07, 6.45) is 0. The fourth-order valence-electron chi connectivity index (χ4n) is 1.72. The van der Waals surface area contributed by atoms with Crippen molar-refractivity contribution in [3.05, 3.63) is 45.9 Å². The van der Waals surface area contributed by atoms with Gasteiger partial charge in [0.1, 0.15) is 5.69 Å². The van der Waals surface area contributed by atoms with Crippen LogP contribution in [0.5, 0.6) is 0 Å². The van der Waals surface area contributed by atoms with Gasteiger partial charge in [-0.1, -0.05) is 6.07 Å². The van der Waals surface area contributed by atoms with Crippen molar-refractivity contribution in [2.75, 3.05) is 7.05 Å². The zero-order chi connectivity index (χ0) is 12.4. The number of hydrogen-bond acceptors (Lipinski definition) is 2. The van der Waals surface area contributed by atoms with Gasteiger partial charge in [0.2, 0.25) is 0 Å². The van der Waals surface area contributed by atoms with Crippen molar-refractivity contribution < 1.29 is 4.39 Å². The summed E-state index contributed by atoms with van der Waals surface area (Å²) >= 11 is 3.18. The van der Waals surface area contributed by atoms with Crippen LogP contribution < -0.4 is 5.32 Å². The van der Waals surface area contributed by atoms with Crippen molar-refractivity contribution in [2.45, 2.75) is 13.5 Å². The van der Waals surface area contributed by atoms with Gasteiger partial charge in [-0.15, -0.1) is 0 Å². The Kier molecular flexibility index (Phi) is 3.59. The Labute approximate surface area is 108 Å². The molecule has 0 amide bonds. The van der Waals surface area contributed by atoms with Crippen LogP contribution in [-0.2, 0) is 6.54 Å². The van der Waals surface area contributed by atoms with E-state index in [0.29, 0.717) is 16.7 Å². The monoisotopic (exact) mass is 297 g/mol. The van der Waals surface area contributed by atoms with Crippen LogP contribution in [0, 0.1) is 12.7 Å². The highest BCUT2D eigenvalue weighted by Gasteiger charge is 2.12. The van der Waals surface area contributed by atoms with Gasteiger partial charge in [0.15, 0.2) is 5.82 Å². The van der Waals surface area contributed by atoms with Gasteiger partial charge in [0.05, 0.1) is 15.9 Å². The van der Waals surface area contributed by atoms with Crippen LogP contribution in [0.1, 0.15) is 11.4 Å². The van der Waals surface area contributed by atoms with Crippen LogP contribution in [0.4, 0.5) is 4.39 Å². The lowest BCUT2D eigenvalue weighted by Crippen LogP contribution is -2.12. The molecule has 0 unspecified atom stereocenters. The summed E-state index contributed by atoms with van der Waals surface area (Å²) in [4.78, 5) is 0. The van der Waals surface area contributed by atoms with E-state index in [4.69, 9.17) is 0 Å². The van der Waals surface area contributed by atoms with Crippen LogP contribution in [-0.4, -0.2) is 16.8 Å². The fourth-order valence-corrected chi connectivity index (χ4v) is 2.08. The highest BCUT2D eigenvalue weighted by molar-refractivity contribution is 9.10. The minimum atomic E-state index is -0.298. The first kappa shape index (κ1) is 12.3. The molecule has 0 aliphatic heterocycles. The molecule has 2 aromatic rings. The number of nitrogens with one attached hydrogen (secondary N) is 1. The zero-order valence-corrected chi connectivity index (χ0v) is 11.3. The Bertz CT molecular complexity index is 537. The highest BCUT2D eigenvalue weighted by Crippen LogP contribution is 2.22. The number of rotatable bonds is 3. The third-order valence-corrected chi connectivity index (χ3v) is 3.04. The molecule has 1 N–H and O–H groups in total. The smallest absolute Gasteiger partial charge is 0.163 e. The van der Waals surface area contributed by atoms with Gasteiger partial charge < -0.3 is 5.32 Å². The first-order valence-corrected chi connectivity index (χ1v) is 6.07. The van der Waals surface area contributed by atoms with E-state index in [-0.39, 0.29) is 5.82 Å². The predicted molar refractivity (Wildman–Crippen MR) is 68.7 cm³/mol. The quantitative estimate of drug-likeness (QED) is 0.944. The molecule has 0 bridgehead atoms. The van der Waals surface area contributed by atoms with Crippen molar-refractivity contribution >= 4 is 15.9 Å². The van der Waals surface area contributed by atoms with Crippen LogP contribution in [0.25, 0.3) is 5.69 Å². The summed E-state index contributed by atoms with van der Waals surface area (Å²) in [5, 5.41) is 7.36. The van der Waals surface area contributed by atoms with Crippen molar-refractivity contribution in [3.8, 4) is 5.69 Å². The maximum Gasteiger partial charge on any atom is 0.163 e. The van der Waals surface area contributed by atoms with Crippen LogP contribution in [0.3, 0.4) is 0 Å². The molecule has 5 heteroatoms. The Morgan fingerprint density at radius 2 is 2.24 bits per heavy atom. The van der Waals surface area contributed by atoms with Crippen molar-refractivity contribution in [1.29, 1.82) is 0 Å². The van der Waals surface area contributed by atoms with Crippen LogP contribution >= 0.6 is 15.9 Å². The average molecular weight is 298 g/mol. The molecule has 0 aliphatic rings. The molecule has 1 aromatic heterocycles. The van der Waals surface area contributed by atoms with Crippen molar-refractivity contribution in [1.82, 2.24) is 15.1 Å². The first-order chi connectivity index (χ1) is 8.13. The number of hydrogen-bond donors (Lipinski definition) is 1. The van der Waals surface area contributed by atoms with Gasteiger partial charge in [-0.05, 0) is 48.1 Å². The lowest BCUT2D eigenvalue weighted by atomic mass is 10.3. The summed E-state index contributed by atoms with van der Waals surface area (Å²) in [6, 6.07) is 7.12. The summed E-state index contributed by atoms with van der Waals surface area (Å²) < 4.78 is 16.1. The summed E-state index contributed by atoms with van der Waals surface area (Å²) in [7, 11) is 1.85. The SMILES string of the molecule is CNCc1cc(C)nn1-c1cccc(Br)c1F. The normalized spacial score (nSPS) is 10.8. The fraction of sp³-hybridized carbons (Fsp3) is 0.250. The molecular weight excluding hydrogens is 285 g/mol. The average Bonchev–Trinajstić information content (AvgIpc) is 2.64. The minimum absolute atomic E-state index is 0.298. The zero-order valence-electron chi connectivity index (χ0n) is 9.67. The number of aromatic nitrogens is 2. The highest BCUT2D eigenvalue weighted by atomic mass is 79.9. The lowest BCUT2D eigenvalue weighted by molar-refractivity contribution is 0.597. The summed E-state index contributed by atoms with van der Waals surface area (Å²) in [6.45, 7) is 2.54. The third-order valence-electron chi connectivity index (χ3n) is 2.42. The second-order valence-electron chi connectivity index (χ2n) is 3.79. The molecule has 1 heterocycles. The van der Waals surface area contributed by atoms with Gasteiger partial charge in [0.25, 0.3) is 0 Å². The summed E-state index contributed by atoms with van der Waals surface area (Å²) in [5.41, 5.74) is 2.26. The van der Waals surface area contributed by atoms with Gasteiger partial charge in [-0.2, -0.15) is 5.10 Å². The molecule has 17 heavy (non-hydrogen) atoms. The molecule has 2 rings (SSSR count). The van der Waals surface area contributed by atoms with Crippen LogP contribution in [0.15, 0.2) is 28.7 Å². The molecule has 3 nitrogen and oxygen atoms in total. The molecule has 1 aromatic carbocycles. The summed E-state index contributed by atoms with van der Waals surface area (Å²) in [5.74, 6) is -0.298. The number of aryl methyl sites for hydroxylation is 1. The standard InChI is InChI=1S/C12H13BrFN3/c1-8-6-9(7-15-2)17(16-8)11-5-3-4-10(13)12(11)14/h3-6,15H,7H2,1-2H3. The second kappa shape index (κ2) is 4.98. The van der Waals surface area contributed by atoms with Crippen molar-refractivity contribution in [3.63, 3.8) is 0 Å². The van der Waals surface area contributed by atoms with E-state index in [9.17, 15) is 4.39 Å². The van der Waals surface area contributed by atoms with Gasteiger partial charge in [-0.3, -0.25) is 0 Å². The Balaban J connectivity index is 2.55. The number of nitrogens with zero attached hydrogens (tertiary/aromatic N) is 2. The largest absolute Gasteiger partial charge is 0.314 e. The van der Waals surface area contributed by atoms with Gasteiger partial charge in [-0.25, -0.2) is 9.07 Å². The molecule has 0 atom stereocenters. The minimum Gasteiger partial charge on any atom is -0.314 e. The van der Waals surface area contributed by atoms with Crippen LogP contribution in [0.2, 0.25) is 0 Å². The number of halogens is 2. The van der Waals surface area contributed by atoms with E-state index in [2.05, 4.69) is 26.3 Å². The van der Waals surface area contributed by atoms with E-state index in [0.717, 1.165) is 11.4 Å². The molecule has 0 fully saturated rings.